The standard InChI is InChI=1S/C15H31N3O2.ClH/c1-13(2)5-12-20-14(3)15(19)17-6-4-9-18-10-7-16-8-11-18;/h13-14,16H,4-12H2,1-3H3,(H,17,19);1H. The van der Waals surface area contributed by atoms with E-state index in [1.165, 1.54) is 0 Å². The fourth-order valence-corrected chi connectivity index (χ4v) is 2.15. The summed E-state index contributed by atoms with van der Waals surface area (Å²) in [5.41, 5.74) is 0. The van der Waals surface area contributed by atoms with E-state index in [1.54, 1.807) is 0 Å². The molecule has 1 aliphatic rings. The predicted octanol–water partition coefficient (Wildman–Crippen LogP) is 1.27. The molecule has 1 heterocycles. The van der Waals surface area contributed by atoms with E-state index in [-0.39, 0.29) is 24.4 Å². The number of piperazine rings is 1. The number of hydrogen-bond acceptors (Lipinski definition) is 4. The minimum absolute atomic E-state index is 0. The lowest BCUT2D eigenvalue weighted by Crippen LogP contribution is -2.44. The van der Waals surface area contributed by atoms with Gasteiger partial charge in [-0.2, -0.15) is 0 Å². The van der Waals surface area contributed by atoms with Crippen LogP contribution in [0.3, 0.4) is 0 Å². The lowest BCUT2D eigenvalue weighted by atomic mass is 10.1. The maximum atomic E-state index is 11.8. The number of nitrogens with zero attached hydrogens (tertiary/aromatic N) is 1. The summed E-state index contributed by atoms with van der Waals surface area (Å²) < 4.78 is 5.53. The van der Waals surface area contributed by atoms with E-state index >= 15 is 0 Å². The minimum Gasteiger partial charge on any atom is -0.369 e. The number of ether oxygens (including phenoxy) is 1. The maximum Gasteiger partial charge on any atom is 0.248 e. The molecule has 0 aromatic rings. The Hall–Kier alpha value is -0.360. The molecule has 5 nitrogen and oxygen atoms in total. The first-order valence-electron chi connectivity index (χ1n) is 7.92. The van der Waals surface area contributed by atoms with Crippen LogP contribution in [0.2, 0.25) is 0 Å². The molecule has 0 aromatic carbocycles. The molecule has 1 rings (SSSR count). The largest absolute Gasteiger partial charge is 0.369 e. The Morgan fingerprint density at radius 2 is 1.95 bits per heavy atom. The van der Waals surface area contributed by atoms with Crippen molar-refractivity contribution >= 4 is 18.3 Å². The normalized spacial score (nSPS) is 17.3. The van der Waals surface area contributed by atoms with E-state index in [2.05, 4.69) is 29.4 Å². The third-order valence-corrected chi connectivity index (χ3v) is 3.59. The summed E-state index contributed by atoms with van der Waals surface area (Å²) in [5.74, 6) is 0.623. The average molecular weight is 322 g/mol. The third-order valence-electron chi connectivity index (χ3n) is 3.59. The molecule has 1 atom stereocenters. The Bertz CT molecular complexity index is 272. The van der Waals surface area contributed by atoms with Crippen LogP contribution in [0.4, 0.5) is 0 Å². The summed E-state index contributed by atoms with van der Waals surface area (Å²) in [5, 5.41) is 6.29. The zero-order valence-electron chi connectivity index (χ0n) is 13.7. The van der Waals surface area contributed by atoms with Gasteiger partial charge in [0.15, 0.2) is 0 Å². The number of carbonyl (C=O) groups is 1. The maximum absolute atomic E-state index is 11.8. The quantitative estimate of drug-likeness (QED) is 0.628. The topological polar surface area (TPSA) is 53.6 Å². The van der Waals surface area contributed by atoms with Crippen LogP contribution in [0, 0.1) is 5.92 Å². The van der Waals surface area contributed by atoms with Crippen molar-refractivity contribution in [1.82, 2.24) is 15.5 Å². The van der Waals surface area contributed by atoms with Gasteiger partial charge in [0.25, 0.3) is 0 Å². The van der Waals surface area contributed by atoms with Crippen molar-refractivity contribution in [2.24, 2.45) is 5.92 Å². The Labute approximate surface area is 135 Å². The molecule has 126 valence electrons. The van der Waals surface area contributed by atoms with Gasteiger partial charge in [0.1, 0.15) is 6.10 Å². The zero-order valence-corrected chi connectivity index (χ0v) is 14.5. The van der Waals surface area contributed by atoms with Gasteiger partial charge < -0.3 is 20.3 Å². The van der Waals surface area contributed by atoms with Gasteiger partial charge in [0, 0.05) is 39.3 Å². The van der Waals surface area contributed by atoms with Gasteiger partial charge in [-0.3, -0.25) is 4.79 Å². The van der Waals surface area contributed by atoms with Crippen LogP contribution in [0.5, 0.6) is 0 Å². The number of rotatable bonds is 9. The minimum atomic E-state index is -0.340. The Balaban J connectivity index is 0.00000400. The molecule has 1 unspecified atom stereocenters. The van der Waals surface area contributed by atoms with Gasteiger partial charge in [-0.15, -0.1) is 12.4 Å². The highest BCUT2D eigenvalue weighted by atomic mass is 35.5. The highest BCUT2D eigenvalue weighted by molar-refractivity contribution is 5.85. The lowest BCUT2D eigenvalue weighted by Gasteiger charge is -2.27. The molecular formula is C15H32ClN3O2. The average Bonchev–Trinajstić information content (AvgIpc) is 2.44. The van der Waals surface area contributed by atoms with Crippen molar-refractivity contribution < 1.29 is 9.53 Å². The first-order chi connectivity index (χ1) is 9.59. The summed E-state index contributed by atoms with van der Waals surface area (Å²) in [6, 6.07) is 0. The van der Waals surface area contributed by atoms with Gasteiger partial charge in [0.05, 0.1) is 0 Å². The molecule has 21 heavy (non-hydrogen) atoms. The molecule has 0 radical (unpaired) electrons. The van der Waals surface area contributed by atoms with Crippen molar-refractivity contribution in [3.63, 3.8) is 0 Å². The van der Waals surface area contributed by atoms with Crippen LogP contribution < -0.4 is 10.6 Å². The molecule has 0 bridgehead atoms. The third kappa shape index (κ3) is 10.1. The number of amides is 1. The summed E-state index contributed by atoms with van der Waals surface area (Å²) in [4.78, 5) is 14.2. The molecule has 0 saturated carbocycles. The second-order valence-electron chi connectivity index (χ2n) is 5.93. The fraction of sp³-hybridized carbons (Fsp3) is 0.933. The van der Waals surface area contributed by atoms with E-state index in [9.17, 15) is 4.79 Å². The van der Waals surface area contributed by atoms with Crippen molar-refractivity contribution in [1.29, 1.82) is 0 Å². The predicted molar refractivity (Wildman–Crippen MR) is 89.1 cm³/mol. The highest BCUT2D eigenvalue weighted by Crippen LogP contribution is 2.01. The second kappa shape index (κ2) is 12.2. The van der Waals surface area contributed by atoms with E-state index in [0.717, 1.165) is 52.1 Å². The monoisotopic (exact) mass is 321 g/mol. The Kier molecular flexibility index (Phi) is 12.0. The summed E-state index contributed by atoms with van der Waals surface area (Å²) in [6.45, 7) is 13.0. The van der Waals surface area contributed by atoms with Gasteiger partial charge in [0.2, 0.25) is 5.91 Å². The molecular weight excluding hydrogens is 290 g/mol. The number of carbonyl (C=O) groups excluding carboxylic acids is 1. The molecule has 1 fully saturated rings. The Morgan fingerprint density at radius 1 is 1.29 bits per heavy atom. The van der Waals surface area contributed by atoms with E-state index < -0.39 is 0 Å². The van der Waals surface area contributed by atoms with Crippen molar-refractivity contribution in [3.05, 3.63) is 0 Å². The molecule has 0 spiro atoms. The van der Waals surface area contributed by atoms with Crippen molar-refractivity contribution in [2.75, 3.05) is 45.9 Å². The summed E-state index contributed by atoms with van der Waals surface area (Å²) in [7, 11) is 0. The molecule has 1 saturated heterocycles. The first-order valence-corrected chi connectivity index (χ1v) is 7.92. The van der Waals surface area contributed by atoms with E-state index in [1.807, 2.05) is 6.92 Å². The van der Waals surface area contributed by atoms with Crippen LogP contribution in [-0.4, -0.2) is 62.8 Å². The Morgan fingerprint density at radius 3 is 2.57 bits per heavy atom. The molecule has 6 heteroatoms. The highest BCUT2D eigenvalue weighted by Gasteiger charge is 2.13. The molecule has 2 N–H and O–H groups in total. The summed E-state index contributed by atoms with van der Waals surface area (Å²) in [6.07, 6.45) is 1.67. The number of halogens is 1. The lowest BCUT2D eigenvalue weighted by molar-refractivity contribution is -0.131. The number of hydrogen-bond donors (Lipinski definition) is 2. The molecule has 0 aromatic heterocycles. The van der Waals surface area contributed by atoms with Crippen LogP contribution in [0.1, 0.15) is 33.6 Å². The number of nitrogens with one attached hydrogen (secondary N) is 2. The van der Waals surface area contributed by atoms with Gasteiger partial charge in [-0.1, -0.05) is 13.8 Å². The van der Waals surface area contributed by atoms with E-state index in [0.29, 0.717) is 12.5 Å². The van der Waals surface area contributed by atoms with Gasteiger partial charge in [-0.25, -0.2) is 0 Å². The van der Waals surface area contributed by atoms with E-state index in [4.69, 9.17) is 4.74 Å². The smallest absolute Gasteiger partial charge is 0.248 e. The molecule has 0 aliphatic carbocycles. The van der Waals surface area contributed by atoms with Crippen molar-refractivity contribution in [2.45, 2.75) is 39.7 Å². The summed E-state index contributed by atoms with van der Waals surface area (Å²) >= 11 is 0. The van der Waals surface area contributed by atoms with Crippen LogP contribution >= 0.6 is 12.4 Å². The molecule has 1 aliphatic heterocycles. The van der Waals surface area contributed by atoms with Crippen LogP contribution in [0.25, 0.3) is 0 Å². The van der Waals surface area contributed by atoms with Gasteiger partial charge in [-0.05, 0) is 32.2 Å². The SMILES string of the molecule is CC(C)CCOC(C)C(=O)NCCCN1CCNCC1.Cl. The first kappa shape index (κ1) is 20.6. The zero-order chi connectivity index (χ0) is 14.8. The fourth-order valence-electron chi connectivity index (χ4n) is 2.15. The second-order valence-corrected chi connectivity index (χ2v) is 5.93. The van der Waals surface area contributed by atoms with Crippen molar-refractivity contribution in [3.8, 4) is 0 Å². The van der Waals surface area contributed by atoms with Gasteiger partial charge >= 0.3 is 0 Å². The molecule has 1 amide bonds. The van der Waals surface area contributed by atoms with Crippen LogP contribution in [0.15, 0.2) is 0 Å². The van der Waals surface area contributed by atoms with Crippen LogP contribution in [-0.2, 0) is 9.53 Å².